The Bertz CT molecular complexity index is 787. The minimum absolute atomic E-state index is 0.0464. The van der Waals surface area contributed by atoms with E-state index in [9.17, 15) is 24.0 Å². The molecule has 0 atom stereocenters. The zero-order chi connectivity index (χ0) is 33.2. The Kier molecular flexibility index (Phi) is 30.9. The van der Waals surface area contributed by atoms with Crippen molar-refractivity contribution in [1.82, 2.24) is 16.0 Å². The van der Waals surface area contributed by atoms with Crippen molar-refractivity contribution < 1.29 is 61.9 Å². The van der Waals surface area contributed by atoms with E-state index in [0.717, 1.165) is 0 Å². The molecule has 0 aliphatic heterocycles. The minimum atomic E-state index is -0.289. The number of nitrogens with one attached hydrogen (secondary N) is 3. The van der Waals surface area contributed by atoms with E-state index < -0.39 is 0 Å². The number of hydrogen-bond acceptors (Lipinski definition) is 13. The van der Waals surface area contributed by atoms with Crippen LogP contribution in [0.15, 0.2) is 0 Å². The summed E-state index contributed by atoms with van der Waals surface area (Å²) in [6, 6.07) is 0. The van der Waals surface area contributed by atoms with E-state index in [0.29, 0.717) is 85.1 Å². The molecule has 16 heteroatoms. The number of carbonyl (C=O) groups is 5. The molecule has 0 aromatic heterocycles. The average Bonchev–Trinajstić information content (AvgIpc) is 3.01. The smallest absolute Gasteiger partial charge is 0.246 e. The molecule has 0 aromatic carbocycles. The third-order valence-electron chi connectivity index (χ3n) is 5.34. The molecule has 0 spiro atoms. The van der Waals surface area contributed by atoms with Gasteiger partial charge in [0, 0.05) is 39.1 Å². The van der Waals surface area contributed by atoms with E-state index in [1.807, 2.05) is 6.92 Å². The number of Topliss-reactive ketones (excluding diaryl/α,β-unsaturated/α-hetero) is 2. The number of amides is 3. The van der Waals surface area contributed by atoms with Crippen molar-refractivity contribution >= 4 is 29.3 Å². The van der Waals surface area contributed by atoms with Crippen LogP contribution in [0.3, 0.4) is 0 Å². The molecule has 0 fully saturated rings. The lowest BCUT2D eigenvalue weighted by Gasteiger charge is -2.09. The second kappa shape index (κ2) is 32.8. The zero-order valence-electron chi connectivity index (χ0n) is 26.9. The quantitative estimate of drug-likeness (QED) is 0.0704. The molecule has 0 heterocycles. The SMILES string of the molecule is CCC(=O)CCCOCCOCC(=O)NCCOCCOCC(=O)NCCOCCOCC(=O)NCCOCCOCC(C)=O. The summed E-state index contributed by atoms with van der Waals surface area (Å²) >= 11 is 0. The summed E-state index contributed by atoms with van der Waals surface area (Å²) in [5, 5.41) is 7.97. The monoisotopic (exact) mass is 651 g/mol. The predicted molar refractivity (Wildman–Crippen MR) is 161 cm³/mol. The van der Waals surface area contributed by atoms with E-state index in [2.05, 4.69) is 16.0 Å². The fourth-order valence-corrected chi connectivity index (χ4v) is 3.08. The Morgan fingerprint density at radius 2 is 0.778 bits per heavy atom. The minimum Gasteiger partial charge on any atom is -0.379 e. The largest absolute Gasteiger partial charge is 0.379 e. The molecule has 0 aliphatic carbocycles. The molecule has 0 unspecified atom stereocenters. The summed E-state index contributed by atoms with van der Waals surface area (Å²) in [4.78, 5) is 57.0. The van der Waals surface area contributed by atoms with E-state index in [1.54, 1.807) is 0 Å². The van der Waals surface area contributed by atoms with Crippen LogP contribution >= 0.6 is 0 Å². The molecule has 0 saturated heterocycles. The van der Waals surface area contributed by atoms with Crippen LogP contribution in [-0.2, 0) is 61.9 Å². The van der Waals surface area contributed by atoms with Crippen LogP contribution in [-0.4, -0.2) is 155 Å². The standard InChI is InChI=1S/C29H53N3O13/c1-3-26(34)5-4-9-38-13-18-43-22-27(35)31-7-11-40-15-20-45-24-29(37)32-8-12-41-16-19-44-23-28(36)30-6-10-39-14-17-42-21-25(2)33/h3-24H2,1-2H3,(H,30,36)(H,31,35)(H,32,37). The predicted octanol–water partition coefficient (Wildman–Crippen LogP) is -1.18. The number of ether oxygens (including phenoxy) is 8. The molecule has 262 valence electrons. The summed E-state index contributed by atoms with van der Waals surface area (Å²) < 4.78 is 42.0. The molecule has 0 aromatic rings. The molecule has 0 radical (unpaired) electrons. The highest BCUT2D eigenvalue weighted by atomic mass is 16.5. The summed E-state index contributed by atoms with van der Waals surface area (Å²) in [6.45, 7) is 7.72. The van der Waals surface area contributed by atoms with E-state index >= 15 is 0 Å². The summed E-state index contributed by atoms with van der Waals surface area (Å²) in [5.41, 5.74) is 0. The lowest BCUT2D eigenvalue weighted by atomic mass is 10.2. The Hall–Kier alpha value is -2.57. The molecular weight excluding hydrogens is 598 g/mol. The summed E-state index contributed by atoms with van der Waals surface area (Å²) in [7, 11) is 0. The lowest BCUT2D eigenvalue weighted by Crippen LogP contribution is -2.32. The van der Waals surface area contributed by atoms with E-state index in [4.69, 9.17) is 37.9 Å². The van der Waals surface area contributed by atoms with Gasteiger partial charge in [-0.15, -0.1) is 0 Å². The first-order valence-corrected chi connectivity index (χ1v) is 15.3. The van der Waals surface area contributed by atoms with Gasteiger partial charge in [0.2, 0.25) is 17.7 Å². The Morgan fingerprint density at radius 1 is 0.444 bits per heavy atom. The summed E-state index contributed by atoms with van der Waals surface area (Å²) in [6.07, 6.45) is 1.75. The Morgan fingerprint density at radius 3 is 1.13 bits per heavy atom. The molecule has 3 amide bonds. The van der Waals surface area contributed by atoms with Gasteiger partial charge in [-0.1, -0.05) is 6.92 Å². The first kappa shape index (κ1) is 42.4. The highest BCUT2D eigenvalue weighted by Gasteiger charge is 2.04. The first-order valence-electron chi connectivity index (χ1n) is 15.3. The fraction of sp³-hybridized carbons (Fsp3) is 0.828. The van der Waals surface area contributed by atoms with Crippen molar-refractivity contribution in [1.29, 1.82) is 0 Å². The molecule has 0 aliphatic rings. The molecule has 0 saturated carbocycles. The van der Waals surface area contributed by atoms with Crippen LogP contribution in [0.5, 0.6) is 0 Å². The highest BCUT2D eigenvalue weighted by molar-refractivity contribution is 5.78. The molecule has 3 N–H and O–H groups in total. The normalized spacial score (nSPS) is 10.9. The van der Waals surface area contributed by atoms with Crippen LogP contribution in [0.2, 0.25) is 0 Å². The van der Waals surface area contributed by atoms with Gasteiger partial charge in [-0.2, -0.15) is 0 Å². The second-order valence-electron chi connectivity index (χ2n) is 9.41. The van der Waals surface area contributed by atoms with Gasteiger partial charge in [-0.3, -0.25) is 24.0 Å². The number of ketones is 2. The van der Waals surface area contributed by atoms with Crippen LogP contribution < -0.4 is 16.0 Å². The van der Waals surface area contributed by atoms with Crippen molar-refractivity contribution in [2.24, 2.45) is 0 Å². The van der Waals surface area contributed by atoms with Crippen molar-refractivity contribution in [3.63, 3.8) is 0 Å². The van der Waals surface area contributed by atoms with Gasteiger partial charge in [0.15, 0.2) is 5.78 Å². The number of rotatable bonds is 34. The molecule has 16 nitrogen and oxygen atoms in total. The Balaban J connectivity index is 3.34. The van der Waals surface area contributed by atoms with Gasteiger partial charge in [-0.05, 0) is 13.3 Å². The van der Waals surface area contributed by atoms with Gasteiger partial charge in [0.1, 0.15) is 32.2 Å². The van der Waals surface area contributed by atoms with Crippen molar-refractivity contribution in [2.45, 2.75) is 33.1 Å². The fourth-order valence-electron chi connectivity index (χ4n) is 3.08. The third-order valence-corrected chi connectivity index (χ3v) is 5.34. The number of hydrogen-bond donors (Lipinski definition) is 3. The van der Waals surface area contributed by atoms with Crippen LogP contribution in [0, 0.1) is 0 Å². The van der Waals surface area contributed by atoms with Gasteiger partial charge in [0.05, 0.1) is 72.7 Å². The lowest BCUT2D eigenvalue weighted by molar-refractivity contribution is -0.128. The van der Waals surface area contributed by atoms with Crippen LogP contribution in [0.1, 0.15) is 33.1 Å². The van der Waals surface area contributed by atoms with Gasteiger partial charge in [0.25, 0.3) is 0 Å². The Labute approximate surface area is 265 Å². The van der Waals surface area contributed by atoms with Crippen molar-refractivity contribution in [3.8, 4) is 0 Å². The molecule has 0 bridgehead atoms. The highest BCUT2D eigenvalue weighted by Crippen LogP contribution is 1.95. The van der Waals surface area contributed by atoms with Crippen molar-refractivity contribution in [3.05, 3.63) is 0 Å². The molecule has 45 heavy (non-hydrogen) atoms. The maximum Gasteiger partial charge on any atom is 0.246 e. The van der Waals surface area contributed by atoms with Crippen LogP contribution in [0.25, 0.3) is 0 Å². The molecular formula is C29H53N3O13. The summed E-state index contributed by atoms with van der Waals surface area (Å²) in [5.74, 6) is -0.648. The number of carbonyl (C=O) groups excluding carboxylic acids is 5. The van der Waals surface area contributed by atoms with Gasteiger partial charge in [-0.25, -0.2) is 0 Å². The zero-order valence-corrected chi connectivity index (χ0v) is 26.9. The maximum atomic E-state index is 11.8. The van der Waals surface area contributed by atoms with E-state index in [1.165, 1.54) is 6.92 Å². The third kappa shape index (κ3) is 34.1. The maximum absolute atomic E-state index is 11.8. The van der Waals surface area contributed by atoms with Gasteiger partial charge >= 0.3 is 0 Å². The molecule has 0 rings (SSSR count). The topological polar surface area (TPSA) is 195 Å². The first-order chi connectivity index (χ1) is 21.8. The van der Waals surface area contributed by atoms with E-state index in [-0.39, 0.29) is 88.7 Å². The van der Waals surface area contributed by atoms with Gasteiger partial charge < -0.3 is 53.8 Å². The van der Waals surface area contributed by atoms with Crippen LogP contribution in [0.4, 0.5) is 0 Å². The van der Waals surface area contributed by atoms with Crippen molar-refractivity contribution in [2.75, 3.05) is 125 Å². The average molecular weight is 652 g/mol. The second-order valence-corrected chi connectivity index (χ2v) is 9.41.